The molecule has 2 amide bonds. The molecule has 1 aliphatic heterocycles. The fourth-order valence-corrected chi connectivity index (χ4v) is 3.39. The maximum absolute atomic E-state index is 12.4. The van der Waals surface area contributed by atoms with Crippen LogP contribution in [0.2, 0.25) is 5.02 Å². The van der Waals surface area contributed by atoms with E-state index in [4.69, 9.17) is 11.6 Å². The lowest BCUT2D eigenvalue weighted by Gasteiger charge is -2.32. The van der Waals surface area contributed by atoms with E-state index in [1.807, 2.05) is 29.2 Å². The Labute approximate surface area is 163 Å². The van der Waals surface area contributed by atoms with E-state index in [9.17, 15) is 14.7 Å². The Morgan fingerprint density at radius 1 is 1.07 bits per heavy atom. The number of hydrogen-bond donors (Lipinski definition) is 2. The van der Waals surface area contributed by atoms with Crippen molar-refractivity contribution in [2.24, 2.45) is 0 Å². The van der Waals surface area contributed by atoms with Gasteiger partial charge in [-0.15, -0.1) is 0 Å². The fourth-order valence-electron chi connectivity index (χ4n) is 3.26. The van der Waals surface area contributed by atoms with E-state index in [1.54, 1.807) is 18.2 Å². The Kier molecular flexibility index (Phi) is 6.35. The van der Waals surface area contributed by atoms with Gasteiger partial charge in [-0.3, -0.25) is 9.59 Å². The Balaban J connectivity index is 1.44. The highest BCUT2D eigenvalue weighted by molar-refractivity contribution is 6.30. The molecule has 0 atom stereocenters. The number of carbonyl (C=O) groups is 2. The van der Waals surface area contributed by atoms with E-state index in [0.717, 1.165) is 5.56 Å². The van der Waals surface area contributed by atoms with Crippen LogP contribution in [0.15, 0.2) is 48.5 Å². The highest BCUT2D eigenvalue weighted by Crippen LogP contribution is 2.18. The van der Waals surface area contributed by atoms with E-state index in [-0.39, 0.29) is 29.2 Å². The second kappa shape index (κ2) is 8.91. The van der Waals surface area contributed by atoms with Gasteiger partial charge in [-0.25, -0.2) is 0 Å². The summed E-state index contributed by atoms with van der Waals surface area (Å²) in [4.78, 5) is 26.5. The lowest BCUT2D eigenvalue weighted by atomic mass is 10.0. The average molecular weight is 387 g/mol. The molecule has 1 heterocycles. The normalized spacial score (nSPS) is 14.8. The zero-order valence-electron chi connectivity index (χ0n) is 15.0. The number of likely N-dealkylation sites (tertiary alicyclic amines) is 1. The molecule has 27 heavy (non-hydrogen) atoms. The van der Waals surface area contributed by atoms with Crippen molar-refractivity contribution in [3.63, 3.8) is 0 Å². The molecule has 3 rings (SSSR count). The van der Waals surface area contributed by atoms with Gasteiger partial charge in [-0.1, -0.05) is 35.9 Å². The van der Waals surface area contributed by atoms with Crippen molar-refractivity contribution in [3.05, 3.63) is 64.7 Å². The summed E-state index contributed by atoms with van der Waals surface area (Å²) in [6.07, 6.45) is 2.59. The Bertz CT molecular complexity index is 799. The van der Waals surface area contributed by atoms with Gasteiger partial charge >= 0.3 is 0 Å². The van der Waals surface area contributed by atoms with Crippen LogP contribution in [0.25, 0.3) is 0 Å². The summed E-state index contributed by atoms with van der Waals surface area (Å²) in [6, 6.07) is 14.1. The van der Waals surface area contributed by atoms with Crippen LogP contribution in [0.3, 0.4) is 0 Å². The van der Waals surface area contributed by atoms with Crippen molar-refractivity contribution in [3.8, 4) is 5.75 Å². The van der Waals surface area contributed by atoms with Crippen molar-refractivity contribution in [1.82, 2.24) is 10.2 Å². The van der Waals surface area contributed by atoms with Gasteiger partial charge in [0.15, 0.2) is 0 Å². The van der Waals surface area contributed by atoms with Crippen LogP contribution >= 0.6 is 11.6 Å². The van der Waals surface area contributed by atoms with Crippen LogP contribution in [-0.2, 0) is 11.2 Å². The summed E-state index contributed by atoms with van der Waals surface area (Å²) in [6.45, 7) is 1.26. The molecule has 0 spiro atoms. The number of phenolic OH excluding ortho intramolecular Hbond substituents is 1. The number of benzene rings is 2. The van der Waals surface area contributed by atoms with Crippen LogP contribution in [-0.4, -0.2) is 41.0 Å². The first-order valence-corrected chi connectivity index (χ1v) is 9.52. The maximum atomic E-state index is 12.4. The minimum atomic E-state index is -0.277. The fraction of sp³-hybridized carbons (Fsp3) is 0.333. The van der Waals surface area contributed by atoms with Gasteiger partial charge in [-0.2, -0.15) is 0 Å². The number of aromatic hydroxyl groups is 1. The smallest absolute Gasteiger partial charge is 0.255 e. The number of hydrogen-bond acceptors (Lipinski definition) is 3. The molecule has 0 saturated carbocycles. The van der Waals surface area contributed by atoms with Crippen LogP contribution in [0, 0.1) is 0 Å². The molecule has 2 N–H and O–H groups in total. The third-order valence-electron chi connectivity index (χ3n) is 4.87. The number of nitrogens with one attached hydrogen (secondary N) is 1. The molecule has 0 bridgehead atoms. The highest BCUT2D eigenvalue weighted by atomic mass is 35.5. The molecule has 0 aliphatic carbocycles. The van der Waals surface area contributed by atoms with E-state index in [0.29, 0.717) is 43.8 Å². The number of aryl methyl sites for hydroxylation is 1. The molecule has 1 aliphatic rings. The lowest BCUT2D eigenvalue weighted by Crippen LogP contribution is -2.46. The van der Waals surface area contributed by atoms with E-state index in [2.05, 4.69) is 5.32 Å². The third kappa shape index (κ3) is 5.23. The predicted molar refractivity (Wildman–Crippen MR) is 105 cm³/mol. The second-order valence-corrected chi connectivity index (χ2v) is 7.21. The zero-order chi connectivity index (χ0) is 19.2. The average Bonchev–Trinajstić information content (AvgIpc) is 2.68. The largest absolute Gasteiger partial charge is 0.507 e. The van der Waals surface area contributed by atoms with Crippen molar-refractivity contribution in [2.75, 3.05) is 13.1 Å². The van der Waals surface area contributed by atoms with Crippen LogP contribution in [0.1, 0.15) is 35.2 Å². The quantitative estimate of drug-likeness (QED) is 0.827. The zero-order valence-corrected chi connectivity index (χ0v) is 15.8. The lowest BCUT2D eigenvalue weighted by molar-refractivity contribution is -0.132. The Morgan fingerprint density at radius 3 is 2.41 bits per heavy atom. The molecule has 0 radical (unpaired) electrons. The number of rotatable bonds is 5. The number of para-hydroxylation sites is 1. The monoisotopic (exact) mass is 386 g/mol. The number of carbonyl (C=O) groups excluding carboxylic acids is 2. The molecule has 142 valence electrons. The molecule has 2 aromatic carbocycles. The number of piperidine rings is 1. The van der Waals surface area contributed by atoms with Crippen molar-refractivity contribution < 1.29 is 14.7 Å². The van der Waals surface area contributed by atoms with E-state index in [1.165, 1.54) is 6.07 Å². The number of amides is 2. The molecule has 6 heteroatoms. The van der Waals surface area contributed by atoms with Gasteiger partial charge in [0.1, 0.15) is 5.75 Å². The summed E-state index contributed by atoms with van der Waals surface area (Å²) in [7, 11) is 0. The molecule has 0 aromatic heterocycles. The van der Waals surface area contributed by atoms with E-state index < -0.39 is 0 Å². The van der Waals surface area contributed by atoms with Crippen molar-refractivity contribution in [1.29, 1.82) is 0 Å². The molecule has 1 fully saturated rings. The van der Waals surface area contributed by atoms with Gasteiger partial charge in [-0.05, 0) is 49.1 Å². The van der Waals surface area contributed by atoms with Gasteiger partial charge in [0.25, 0.3) is 5.91 Å². The minimum absolute atomic E-state index is 0.0115. The number of phenols is 1. The van der Waals surface area contributed by atoms with Crippen molar-refractivity contribution in [2.45, 2.75) is 31.7 Å². The van der Waals surface area contributed by atoms with Gasteiger partial charge in [0.2, 0.25) is 5.91 Å². The van der Waals surface area contributed by atoms with E-state index >= 15 is 0 Å². The second-order valence-electron chi connectivity index (χ2n) is 6.77. The topological polar surface area (TPSA) is 69.6 Å². The molecular formula is C21H23ClN2O3. The summed E-state index contributed by atoms with van der Waals surface area (Å²) in [5.74, 6) is -0.166. The highest BCUT2D eigenvalue weighted by Gasteiger charge is 2.24. The maximum Gasteiger partial charge on any atom is 0.255 e. The van der Waals surface area contributed by atoms with Crippen LogP contribution in [0.4, 0.5) is 0 Å². The van der Waals surface area contributed by atoms with Crippen LogP contribution in [0.5, 0.6) is 5.75 Å². The molecule has 5 nitrogen and oxygen atoms in total. The Hall–Kier alpha value is -2.53. The van der Waals surface area contributed by atoms with Gasteiger partial charge < -0.3 is 15.3 Å². The number of halogens is 1. The van der Waals surface area contributed by atoms with Gasteiger partial charge in [0, 0.05) is 30.6 Å². The first kappa shape index (κ1) is 19.2. The molecular weight excluding hydrogens is 364 g/mol. The first-order valence-electron chi connectivity index (χ1n) is 9.14. The van der Waals surface area contributed by atoms with Crippen LogP contribution < -0.4 is 5.32 Å². The third-order valence-corrected chi connectivity index (χ3v) is 5.12. The summed E-state index contributed by atoms with van der Waals surface area (Å²) in [5, 5.41) is 13.4. The summed E-state index contributed by atoms with van der Waals surface area (Å²) in [5.41, 5.74) is 1.37. The van der Waals surface area contributed by atoms with Gasteiger partial charge in [0.05, 0.1) is 5.56 Å². The predicted octanol–water partition coefficient (Wildman–Crippen LogP) is 3.40. The standard InChI is InChI=1S/C21H23ClN2O3/c22-16-8-5-15(6-9-16)7-10-20(26)24-13-11-17(12-14-24)23-21(27)18-3-1-2-4-19(18)25/h1-6,8-9,17,25H,7,10-14H2,(H,23,27). The van der Waals surface area contributed by atoms with Crippen molar-refractivity contribution >= 4 is 23.4 Å². The molecule has 2 aromatic rings. The number of nitrogens with zero attached hydrogens (tertiary/aromatic N) is 1. The summed E-state index contributed by atoms with van der Waals surface area (Å²) < 4.78 is 0. The molecule has 0 unspecified atom stereocenters. The SMILES string of the molecule is O=C(NC1CCN(C(=O)CCc2ccc(Cl)cc2)CC1)c1ccccc1O. The molecule has 1 saturated heterocycles. The Morgan fingerprint density at radius 2 is 1.74 bits per heavy atom. The first-order chi connectivity index (χ1) is 13.0. The minimum Gasteiger partial charge on any atom is -0.507 e. The summed E-state index contributed by atoms with van der Waals surface area (Å²) >= 11 is 5.87.